The molecule has 1 fully saturated rings. The van der Waals surface area contributed by atoms with E-state index in [0.29, 0.717) is 35.2 Å². The van der Waals surface area contributed by atoms with Gasteiger partial charge in [-0.1, -0.05) is 36.4 Å². The summed E-state index contributed by atoms with van der Waals surface area (Å²) in [5, 5.41) is 2.97. The Labute approximate surface area is 210 Å². The van der Waals surface area contributed by atoms with Crippen LogP contribution in [0.15, 0.2) is 85.3 Å². The Hall–Kier alpha value is -4.13. The average Bonchev–Trinajstić information content (AvgIpc) is 2.93. The van der Waals surface area contributed by atoms with Gasteiger partial charge >= 0.3 is 0 Å². The lowest BCUT2D eigenvalue weighted by atomic mass is 9.90. The standard InChI is InChI=1S/C29H28FN5O/c30-25-10-8-24(9-11-25)27-32-20-26(29(36)33-19-23-7-4-14-31-18-23)28(34-27)35-15-12-22(13-16-35)17-21-5-2-1-3-6-21/h1-11,14,18,20,22H,12-13,15-17,19H2,(H,33,36). The van der Waals surface area contributed by atoms with Crippen molar-refractivity contribution in [3.63, 3.8) is 0 Å². The topological polar surface area (TPSA) is 71.0 Å². The number of amides is 1. The van der Waals surface area contributed by atoms with Crippen molar-refractivity contribution in [3.05, 3.63) is 108 Å². The summed E-state index contributed by atoms with van der Waals surface area (Å²) in [5.41, 5.74) is 3.41. The second kappa shape index (κ2) is 11.1. The quantitative estimate of drug-likeness (QED) is 0.399. The van der Waals surface area contributed by atoms with E-state index >= 15 is 0 Å². The number of nitrogens with zero attached hydrogens (tertiary/aromatic N) is 4. The van der Waals surface area contributed by atoms with Gasteiger partial charge in [0.15, 0.2) is 5.82 Å². The third kappa shape index (κ3) is 5.74. The van der Waals surface area contributed by atoms with Crippen LogP contribution >= 0.6 is 0 Å². The maximum atomic E-state index is 13.5. The first-order valence-corrected chi connectivity index (χ1v) is 12.2. The van der Waals surface area contributed by atoms with Crippen molar-refractivity contribution >= 4 is 11.7 Å². The number of piperidine rings is 1. The van der Waals surface area contributed by atoms with Crippen molar-refractivity contribution < 1.29 is 9.18 Å². The number of halogens is 1. The minimum atomic E-state index is -0.314. The predicted octanol–water partition coefficient (Wildman–Crippen LogP) is 5.07. The molecule has 3 heterocycles. The van der Waals surface area contributed by atoms with E-state index in [1.807, 2.05) is 18.2 Å². The largest absolute Gasteiger partial charge is 0.356 e. The molecule has 6 nitrogen and oxygen atoms in total. The highest BCUT2D eigenvalue weighted by atomic mass is 19.1. The van der Waals surface area contributed by atoms with Crippen LogP contribution < -0.4 is 10.2 Å². The van der Waals surface area contributed by atoms with Crippen LogP contribution in [-0.2, 0) is 13.0 Å². The van der Waals surface area contributed by atoms with E-state index in [0.717, 1.165) is 37.9 Å². The minimum Gasteiger partial charge on any atom is -0.356 e. The van der Waals surface area contributed by atoms with Gasteiger partial charge in [-0.25, -0.2) is 14.4 Å². The van der Waals surface area contributed by atoms with Crippen molar-refractivity contribution in [3.8, 4) is 11.4 Å². The summed E-state index contributed by atoms with van der Waals surface area (Å²) in [6.07, 6.45) is 8.09. The van der Waals surface area contributed by atoms with Gasteiger partial charge in [-0.05, 0) is 66.6 Å². The normalized spacial score (nSPS) is 14.0. The van der Waals surface area contributed by atoms with Gasteiger partial charge in [0, 0.05) is 43.8 Å². The van der Waals surface area contributed by atoms with Crippen LogP contribution in [0.5, 0.6) is 0 Å². The van der Waals surface area contributed by atoms with Gasteiger partial charge in [-0.3, -0.25) is 9.78 Å². The Kier molecular flexibility index (Phi) is 7.26. The van der Waals surface area contributed by atoms with E-state index in [-0.39, 0.29) is 11.7 Å². The molecule has 0 radical (unpaired) electrons. The number of benzene rings is 2. The molecule has 5 rings (SSSR count). The van der Waals surface area contributed by atoms with Crippen LogP contribution in [0.25, 0.3) is 11.4 Å². The fourth-order valence-electron chi connectivity index (χ4n) is 4.59. The summed E-state index contributed by atoms with van der Waals surface area (Å²) < 4.78 is 13.5. The molecule has 0 aliphatic carbocycles. The molecule has 7 heteroatoms. The highest BCUT2D eigenvalue weighted by molar-refractivity contribution is 5.98. The molecule has 2 aromatic heterocycles. The molecule has 0 unspecified atom stereocenters. The third-order valence-corrected chi connectivity index (χ3v) is 6.57. The Morgan fingerprint density at radius 1 is 0.944 bits per heavy atom. The maximum absolute atomic E-state index is 13.5. The summed E-state index contributed by atoms with van der Waals surface area (Å²) in [6.45, 7) is 1.98. The van der Waals surface area contributed by atoms with Crippen molar-refractivity contribution in [2.75, 3.05) is 18.0 Å². The van der Waals surface area contributed by atoms with Crippen molar-refractivity contribution in [1.29, 1.82) is 0 Å². The zero-order chi connectivity index (χ0) is 24.7. The molecule has 0 atom stereocenters. The van der Waals surface area contributed by atoms with Gasteiger partial charge in [0.1, 0.15) is 17.2 Å². The van der Waals surface area contributed by atoms with Crippen LogP contribution in [0.4, 0.5) is 10.2 Å². The van der Waals surface area contributed by atoms with E-state index < -0.39 is 0 Å². The number of hydrogen-bond acceptors (Lipinski definition) is 5. The summed E-state index contributed by atoms with van der Waals surface area (Å²) in [4.78, 5) is 28.7. The Balaban J connectivity index is 1.36. The van der Waals surface area contributed by atoms with E-state index in [2.05, 4.69) is 44.5 Å². The van der Waals surface area contributed by atoms with Crippen molar-refractivity contribution in [2.24, 2.45) is 5.92 Å². The molecule has 0 spiro atoms. The van der Waals surface area contributed by atoms with Gasteiger partial charge in [0.2, 0.25) is 0 Å². The Morgan fingerprint density at radius 3 is 2.42 bits per heavy atom. The van der Waals surface area contributed by atoms with Gasteiger partial charge in [0.05, 0.1) is 0 Å². The smallest absolute Gasteiger partial charge is 0.256 e. The molecule has 36 heavy (non-hydrogen) atoms. The molecule has 1 aliphatic heterocycles. The van der Waals surface area contributed by atoms with Crippen LogP contribution in [0.3, 0.4) is 0 Å². The lowest BCUT2D eigenvalue weighted by molar-refractivity contribution is 0.0950. The molecular weight excluding hydrogens is 453 g/mol. The van der Waals surface area contributed by atoms with E-state index in [1.54, 1.807) is 30.7 Å². The van der Waals surface area contributed by atoms with Crippen LogP contribution in [-0.4, -0.2) is 33.9 Å². The number of pyridine rings is 1. The van der Waals surface area contributed by atoms with Crippen LogP contribution in [0.2, 0.25) is 0 Å². The maximum Gasteiger partial charge on any atom is 0.256 e. The Morgan fingerprint density at radius 2 is 1.69 bits per heavy atom. The number of carbonyl (C=O) groups excluding carboxylic acids is 1. The third-order valence-electron chi connectivity index (χ3n) is 6.57. The molecule has 182 valence electrons. The number of nitrogens with one attached hydrogen (secondary N) is 1. The molecule has 1 amide bonds. The fraction of sp³-hybridized carbons (Fsp3) is 0.241. The molecule has 0 saturated carbocycles. The summed E-state index contributed by atoms with van der Waals surface area (Å²) in [6, 6.07) is 20.4. The zero-order valence-corrected chi connectivity index (χ0v) is 20.0. The monoisotopic (exact) mass is 481 g/mol. The number of aromatic nitrogens is 3. The van der Waals surface area contributed by atoms with Gasteiger partial charge < -0.3 is 10.2 Å². The number of hydrogen-bond donors (Lipinski definition) is 1. The number of carbonyl (C=O) groups is 1. The van der Waals surface area contributed by atoms with Gasteiger partial charge in [0.25, 0.3) is 5.91 Å². The second-order valence-electron chi connectivity index (χ2n) is 9.10. The highest BCUT2D eigenvalue weighted by Crippen LogP contribution is 2.28. The predicted molar refractivity (Wildman–Crippen MR) is 138 cm³/mol. The molecular formula is C29H28FN5O. The molecule has 1 N–H and O–H groups in total. The average molecular weight is 482 g/mol. The lowest BCUT2D eigenvalue weighted by Gasteiger charge is -2.34. The number of anilines is 1. The Bertz CT molecular complexity index is 1290. The van der Waals surface area contributed by atoms with Crippen molar-refractivity contribution in [2.45, 2.75) is 25.8 Å². The molecule has 1 saturated heterocycles. The summed E-state index contributed by atoms with van der Waals surface area (Å²) in [5.74, 6) is 1.13. The molecule has 4 aromatic rings. The zero-order valence-electron chi connectivity index (χ0n) is 20.0. The van der Waals surface area contributed by atoms with E-state index in [4.69, 9.17) is 4.98 Å². The van der Waals surface area contributed by atoms with Gasteiger partial charge in [-0.2, -0.15) is 0 Å². The van der Waals surface area contributed by atoms with E-state index in [9.17, 15) is 9.18 Å². The molecule has 2 aromatic carbocycles. The number of rotatable bonds is 7. The second-order valence-corrected chi connectivity index (χ2v) is 9.10. The first kappa shape index (κ1) is 23.6. The minimum absolute atomic E-state index is 0.231. The molecule has 1 aliphatic rings. The van der Waals surface area contributed by atoms with Crippen LogP contribution in [0, 0.1) is 11.7 Å². The van der Waals surface area contributed by atoms with Crippen molar-refractivity contribution in [1.82, 2.24) is 20.3 Å². The fourth-order valence-corrected chi connectivity index (χ4v) is 4.59. The van der Waals surface area contributed by atoms with Gasteiger partial charge in [-0.15, -0.1) is 0 Å². The first-order chi connectivity index (χ1) is 17.7. The SMILES string of the molecule is O=C(NCc1cccnc1)c1cnc(-c2ccc(F)cc2)nc1N1CCC(Cc2ccccc2)CC1. The lowest BCUT2D eigenvalue weighted by Crippen LogP contribution is -2.37. The van der Waals surface area contributed by atoms with Crippen LogP contribution in [0.1, 0.15) is 34.3 Å². The highest BCUT2D eigenvalue weighted by Gasteiger charge is 2.25. The van der Waals surface area contributed by atoms with E-state index in [1.165, 1.54) is 17.7 Å². The molecule has 0 bridgehead atoms. The summed E-state index contributed by atoms with van der Waals surface area (Å²) >= 11 is 0. The first-order valence-electron chi connectivity index (χ1n) is 12.2. The summed E-state index contributed by atoms with van der Waals surface area (Å²) in [7, 11) is 0.